The number of nitrogens with zero attached hydrogens (tertiary/aromatic N) is 1. The molecule has 11 rings (SSSR count). The van der Waals surface area contributed by atoms with E-state index < -0.39 is 0 Å². The Hall–Kier alpha value is -6.26. The number of benzene rings is 9. The van der Waals surface area contributed by atoms with Crippen LogP contribution in [-0.4, -0.2) is 0 Å². The van der Waals surface area contributed by atoms with Crippen LogP contribution in [0.4, 0.5) is 17.1 Å². The molecule has 0 aliphatic rings. The molecule has 0 bridgehead atoms. The molecule has 9 aromatic carbocycles. The quantitative estimate of drug-likeness (QED) is 0.172. The zero-order chi connectivity index (χ0) is 34.9. The van der Waals surface area contributed by atoms with Crippen LogP contribution in [0, 0.1) is 0 Å². The summed E-state index contributed by atoms with van der Waals surface area (Å²) in [4.78, 5) is 2.44. The third-order valence-electron chi connectivity index (χ3n) is 10.6. The molecule has 0 saturated heterocycles. The number of hydrogen-bond acceptors (Lipinski definition) is 3. The van der Waals surface area contributed by atoms with E-state index in [2.05, 4.69) is 193 Å². The van der Waals surface area contributed by atoms with Crippen molar-refractivity contribution in [2.45, 2.75) is 0 Å². The van der Waals surface area contributed by atoms with E-state index in [-0.39, 0.29) is 0 Å². The molecular weight excluding hydrogens is 679 g/mol. The largest absolute Gasteiger partial charge is 0.310 e. The monoisotopic (exact) mass is 709 g/mol. The van der Waals surface area contributed by atoms with E-state index in [9.17, 15) is 0 Å². The molecule has 2 heterocycles. The first-order chi connectivity index (χ1) is 26.3. The Morgan fingerprint density at radius 1 is 0.340 bits per heavy atom. The van der Waals surface area contributed by atoms with Crippen LogP contribution >= 0.6 is 22.7 Å². The first-order valence-electron chi connectivity index (χ1n) is 18.0. The number of hydrogen-bond donors (Lipinski definition) is 0. The van der Waals surface area contributed by atoms with Crippen LogP contribution in [0.25, 0.3) is 84.1 Å². The zero-order valence-electron chi connectivity index (χ0n) is 28.7. The molecule has 0 N–H and O–H groups in total. The maximum Gasteiger partial charge on any atom is 0.0554 e. The first kappa shape index (κ1) is 30.4. The number of para-hydroxylation sites is 1. The van der Waals surface area contributed by atoms with Gasteiger partial charge in [-0.1, -0.05) is 146 Å². The molecule has 0 unspecified atom stereocenters. The van der Waals surface area contributed by atoms with Crippen LogP contribution in [-0.2, 0) is 0 Å². The van der Waals surface area contributed by atoms with Crippen molar-refractivity contribution in [1.82, 2.24) is 0 Å². The minimum absolute atomic E-state index is 1.14. The fourth-order valence-electron chi connectivity index (χ4n) is 8.24. The van der Waals surface area contributed by atoms with Crippen LogP contribution < -0.4 is 4.90 Å². The Balaban J connectivity index is 1.20. The molecular formula is C50H31NS2. The third kappa shape index (κ3) is 4.82. The average Bonchev–Trinajstić information content (AvgIpc) is 3.81. The number of anilines is 3. The highest BCUT2D eigenvalue weighted by atomic mass is 32.1. The second-order valence-electron chi connectivity index (χ2n) is 13.6. The maximum absolute atomic E-state index is 2.49. The Morgan fingerprint density at radius 2 is 0.962 bits per heavy atom. The third-order valence-corrected chi connectivity index (χ3v) is 13.1. The van der Waals surface area contributed by atoms with Crippen molar-refractivity contribution in [3.05, 3.63) is 188 Å². The Bertz CT molecular complexity index is 3170. The van der Waals surface area contributed by atoms with E-state index in [1.54, 1.807) is 0 Å². The fraction of sp³-hybridized carbons (Fsp3) is 0. The fourth-order valence-corrected chi connectivity index (χ4v) is 10.8. The molecule has 0 atom stereocenters. The van der Waals surface area contributed by atoms with Gasteiger partial charge < -0.3 is 4.90 Å². The minimum Gasteiger partial charge on any atom is -0.310 e. The Morgan fingerprint density at radius 3 is 1.77 bits per heavy atom. The standard InChI is InChI=1S/C50H31NS2/c1-3-15-33(16-4-1)37-22-11-23-40-41-24-12-25-42(49(41)53-48(37)40)43-31-44-47-45(26-13-27-46(47)52-50(44)39-21-10-9-20-38(39)43)51(35-18-5-2-6-19-35)36-29-28-32-14-7-8-17-34(32)30-36/h1-31H. The molecule has 3 heteroatoms. The van der Waals surface area contributed by atoms with Crippen LogP contribution in [0.5, 0.6) is 0 Å². The summed E-state index contributed by atoms with van der Waals surface area (Å²) >= 11 is 3.82. The van der Waals surface area contributed by atoms with E-state index >= 15 is 0 Å². The molecule has 0 amide bonds. The lowest BCUT2D eigenvalue weighted by Crippen LogP contribution is -2.10. The van der Waals surface area contributed by atoms with Gasteiger partial charge in [-0.2, -0.15) is 0 Å². The van der Waals surface area contributed by atoms with Gasteiger partial charge in [0.05, 0.1) is 5.69 Å². The van der Waals surface area contributed by atoms with Crippen LogP contribution in [0.3, 0.4) is 0 Å². The summed E-state index contributed by atoms with van der Waals surface area (Å²) in [6.45, 7) is 0. The summed E-state index contributed by atoms with van der Waals surface area (Å²) in [6, 6.07) is 69.0. The summed E-state index contributed by atoms with van der Waals surface area (Å²) < 4.78 is 5.28. The van der Waals surface area contributed by atoms with Crippen molar-refractivity contribution in [3.8, 4) is 22.3 Å². The zero-order valence-corrected chi connectivity index (χ0v) is 30.3. The minimum atomic E-state index is 1.14. The smallest absolute Gasteiger partial charge is 0.0554 e. The van der Waals surface area contributed by atoms with E-state index in [4.69, 9.17) is 0 Å². The molecule has 0 fully saturated rings. The summed E-state index contributed by atoms with van der Waals surface area (Å²) in [5.41, 5.74) is 8.57. The van der Waals surface area contributed by atoms with Gasteiger partial charge in [-0.05, 0) is 75.3 Å². The lowest BCUT2D eigenvalue weighted by atomic mass is 9.94. The van der Waals surface area contributed by atoms with Crippen molar-refractivity contribution in [3.63, 3.8) is 0 Å². The molecule has 0 radical (unpaired) electrons. The van der Waals surface area contributed by atoms with Gasteiger partial charge in [0.1, 0.15) is 0 Å². The van der Waals surface area contributed by atoms with Gasteiger partial charge in [0.25, 0.3) is 0 Å². The summed E-state index contributed by atoms with van der Waals surface area (Å²) in [6.07, 6.45) is 0. The molecule has 53 heavy (non-hydrogen) atoms. The van der Waals surface area contributed by atoms with Gasteiger partial charge in [-0.25, -0.2) is 0 Å². The molecule has 0 spiro atoms. The van der Waals surface area contributed by atoms with Crippen LogP contribution in [0.15, 0.2) is 188 Å². The number of rotatable bonds is 5. The first-order valence-corrected chi connectivity index (χ1v) is 19.6. The van der Waals surface area contributed by atoms with Gasteiger partial charge in [-0.15, -0.1) is 22.7 Å². The van der Waals surface area contributed by atoms with Crippen LogP contribution in [0.1, 0.15) is 0 Å². The van der Waals surface area contributed by atoms with E-state index in [0.29, 0.717) is 0 Å². The highest BCUT2D eigenvalue weighted by Gasteiger charge is 2.22. The summed E-state index contributed by atoms with van der Waals surface area (Å²) in [5.74, 6) is 0. The topological polar surface area (TPSA) is 3.24 Å². The predicted molar refractivity (Wildman–Crippen MR) is 233 cm³/mol. The van der Waals surface area contributed by atoms with Crippen LogP contribution in [0.2, 0.25) is 0 Å². The molecule has 11 aromatic rings. The van der Waals surface area contributed by atoms with Gasteiger partial charge >= 0.3 is 0 Å². The second kappa shape index (κ2) is 12.2. The normalized spacial score (nSPS) is 11.8. The number of fused-ring (bicyclic) bond motifs is 9. The Kier molecular flexibility index (Phi) is 6.97. The SMILES string of the molecule is c1ccc(-c2cccc3c2sc2c(-c4cc5c(sc6cccc(N(c7ccccc7)c7ccc8ccccc8c7)c65)c5ccccc45)cccc23)cc1. The van der Waals surface area contributed by atoms with E-state index in [1.807, 2.05) is 22.7 Å². The lowest BCUT2D eigenvalue weighted by Gasteiger charge is -2.27. The van der Waals surface area contributed by atoms with Gasteiger partial charge in [0, 0.05) is 62.7 Å². The maximum atomic E-state index is 2.49. The molecule has 2 aromatic heterocycles. The predicted octanol–water partition coefficient (Wildman–Crippen LogP) is 15.5. The molecule has 0 aliphatic carbocycles. The number of thiophene rings is 2. The molecule has 0 aliphatic heterocycles. The van der Waals surface area contributed by atoms with Gasteiger partial charge in [0.2, 0.25) is 0 Å². The van der Waals surface area contributed by atoms with E-state index in [1.165, 1.54) is 89.8 Å². The molecule has 248 valence electrons. The second-order valence-corrected chi connectivity index (χ2v) is 15.7. The lowest BCUT2D eigenvalue weighted by molar-refractivity contribution is 1.31. The summed E-state index contributed by atoms with van der Waals surface area (Å²) in [5, 5.41) is 10.3. The molecule has 0 saturated carbocycles. The van der Waals surface area contributed by atoms with Crippen molar-refractivity contribution in [2.75, 3.05) is 4.90 Å². The van der Waals surface area contributed by atoms with Crippen molar-refractivity contribution in [2.24, 2.45) is 0 Å². The summed E-state index contributed by atoms with van der Waals surface area (Å²) in [7, 11) is 0. The average molecular weight is 710 g/mol. The van der Waals surface area contributed by atoms with Crippen molar-refractivity contribution < 1.29 is 0 Å². The van der Waals surface area contributed by atoms with Crippen molar-refractivity contribution >= 4 is 102 Å². The van der Waals surface area contributed by atoms with E-state index in [0.717, 1.165) is 11.4 Å². The Labute approximate surface area is 315 Å². The highest BCUT2D eigenvalue weighted by molar-refractivity contribution is 7.27. The molecule has 1 nitrogen and oxygen atoms in total. The van der Waals surface area contributed by atoms with Gasteiger partial charge in [0.15, 0.2) is 0 Å². The van der Waals surface area contributed by atoms with Crippen molar-refractivity contribution in [1.29, 1.82) is 0 Å². The van der Waals surface area contributed by atoms with Gasteiger partial charge in [-0.3, -0.25) is 0 Å². The highest BCUT2D eigenvalue weighted by Crippen LogP contribution is 2.50.